The molecule has 1 aromatic carbocycles. The van der Waals surface area contributed by atoms with Gasteiger partial charge in [0.15, 0.2) is 0 Å². The van der Waals surface area contributed by atoms with Crippen LogP contribution in [0.3, 0.4) is 0 Å². The molecule has 19 heavy (non-hydrogen) atoms. The number of ether oxygens (including phenoxy) is 1. The minimum atomic E-state index is 0.223. The van der Waals surface area contributed by atoms with Crippen LogP contribution in [0.15, 0.2) is 24.3 Å². The first-order chi connectivity index (χ1) is 9.24. The Hall–Kier alpha value is -1.26. The molecule has 2 N–H and O–H groups in total. The van der Waals surface area contributed by atoms with E-state index in [1.807, 2.05) is 12.1 Å². The molecule has 0 aromatic heterocycles. The van der Waals surface area contributed by atoms with E-state index in [0.29, 0.717) is 12.1 Å². The molecule has 1 saturated heterocycles. The summed E-state index contributed by atoms with van der Waals surface area (Å²) in [5.74, 6) is 0.880. The van der Waals surface area contributed by atoms with E-state index in [4.69, 9.17) is 4.74 Å². The minimum absolute atomic E-state index is 0.223. The highest BCUT2D eigenvalue weighted by atomic mass is 16.5. The van der Waals surface area contributed by atoms with Crippen molar-refractivity contribution >= 4 is 5.69 Å². The van der Waals surface area contributed by atoms with E-state index < -0.39 is 0 Å². The van der Waals surface area contributed by atoms with Gasteiger partial charge in [0.25, 0.3) is 0 Å². The molecular formula is C15H24N2O2. The first-order valence-electron chi connectivity index (χ1n) is 6.99. The Bertz CT molecular complexity index is 397. The lowest BCUT2D eigenvalue weighted by molar-refractivity contribution is 0.272. The summed E-state index contributed by atoms with van der Waals surface area (Å²) in [5.41, 5.74) is 1.17. The summed E-state index contributed by atoms with van der Waals surface area (Å²) >= 11 is 0. The Morgan fingerprint density at radius 2 is 2.32 bits per heavy atom. The molecule has 1 aliphatic rings. The molecule has 2 atom stereocenters. The van der Waals surface area contributed by atoms with Gasteiger partial charge in [-0.05, 0) is 31.9 Å². The van der Waals surface area contributed by atoms with Crippen LogP contribution in [0, 0.1) is 0 Å². The Morgan fingerprint density at radius 3 is 3.05 bits per heavy atom. The summed E-state index contributed by atoms with van der Waals surface area (Å²) in [6.45, 7) is 4.36. The highest BCUT2D eigenvalue weighted by molar-refractivity contribution is 5.51. The fourth-order valence-corrected chi connectivity index (χ4v) is 2.60. The smallest absolute Gasteiger partial charge is 0.120 e. The van der Waals surface area contributed by atoms with Gasteiger partial charge in [0.1, 0.15) is 5.75 Å². The van der Waals surface area contributed by atoms with Crippen molar-refractivity contribution < 1.29 is 9.84 Å². The van der Waals surface area contributed by atoms with Crippen LogP contribution >= 0.6 is 0 Å². The molecule has 0 amide bonds. The highest BCUT2D eigenvalue weighted by Crippen LogP contribution is 2.25. The maximum Gasteiger partial charge on any atom is 0.120 e. The Kier molecular flexibility index (Phi) is 5.05. The Balaban J connectivity index is 2.21. The van der Waals surface area contributed by atoms with Crippen molar-refractivity contribution in [1.82, 2.24) is 5.32 Å². The van der Waals surface area contributed by atoms with Crippen LogP contribution in [-0.4, -0.2) is 44.0 Å². The Labute approximate surface area is 115 Å². The zero-order chi connectivity index (χ0) is 13.7. The molecule has 106 valence electrons. The molecule has 0 saturated carbocycles. The van der Waals surface area contributed by atoms with Gasteiger partial charge in [0.05, 0.1) is 7.11 Å². The number of nitrogens with zero attached hydrogens (tertiary/aromatic N) is 1. The molecule has 1 fully saturated rings. The van der Waals surface area contributed by atoms with Crippen molar-refractivity contribution in [2.75, 3.05) is 31.7 Å². The van der Waals surface area contributed by atoms with Crippen molar-refractivity contribution in [3.05, 3.63) is 24.3 Å². The summed E-state index contributed by atoms with van der Waals surface area (Å²) in [6, 6.07) is 9.03. The van der Waals surface area contributed by atoms with Gasteiger partial charge in [-0.25, -0.2) is 0 Å². The molecule has 4 heteroatoms. The molecular weight excluding hydrogens is 240 g/mol. The third-order valence-electron chi connectivity index (χ3n) is 3.79. The van der Waals surface area contributed by atoms with Crippen LogP contribution in [0.2, 0.25) is 0 Å². The standard InChI is InChI=1S/C15H24N2O2/c1-12-6-8-17(14(7-9-18)11-16-12)13-4-3-5-15(10-13)19-2/h3-5,10,12,14,16,18H,6-9,11H2,1-2H3. The van der Waals surface area contributed by atoms with Crippen molar-refractivity contribution in [3.63, 3.8) is 0 Å². The van der Waals surface area contributed by atoms with Gasteiger partial charge in [-0.3, -0.25) is 0 Å². The zero-order valence-electron chi connectivity index (χ0n) is 11.8. The number of hydrogen-bond donors (Lipinski definition) is 2. The van der Waals surface area contributed by atoms with Crippen molar-refractivity contribution in [1.29, 1.82) is 0 Å². The molecule has 1 aliphatic heterocycles. The molecule has 4 nitrogen and oxygen atoms in total. The number of nitrogens with one attached hydrogen (secondary N) is 1. The fraction of sp³-hybridized carbons (Fsp3) is 0.600. The van der Waals surface area contributed by atoms with Gasteiger partial charge < -0.3 is 20.1 Å². The van der Waals surface area contributed by atoms with Crippen LogP contribution < -0.4 is 15.0 Å². The zero-order valence-corrected chi connectivity index (χ0v) is 11.8. The second-order valence-electron chi connectivity index (χ2n) is 5.16. The predicted octanol–water partition coefficient (Wildman–Crippen LogP) is 1.63. The van der Waals surface area contributed by atoms with Gasteiger partial charge >= 0.3 is 0 Å². The minimum Gasteiger partial charge on any atom is -0.497 e. The lowest BCUT2D eigenvalue weighted by Gasteiger charge is -2.31. The molecule has 2 rings (SSSR count). The van der Waals surface area contributed by atoms with Crippen molar-refractivity contribution in [2.45, 2.75) is 31.8 Å². The summed E-state index contributed by atoms with van der Waals surface area (Å²) < 4.78 is 5.30. The van der Waals surface area contributed by atoms with Gasteiger partial charge in [-0.15, -0.1) is 0 Å². The van der Waals surface area contributed by atoms with Gasteiger partial charge in [-0.1, -0.05) is 6.07 Å². The second-order valence-corrected chi connectivity index (χ2v) is 5.16. The largest absolute Gasteiger partial charge is 0.497 e. The molecule has 0 bridgehead atoms. The summed E-state index contributed by atoms with van der Waals surface area (Å²) in [6.07, 6.45) is 1.90. The number of hydrogen-bond acceptors (Lipinski definition) is 4. The molecule has 2 unspecified atom stereocenters. The Morgan fingerprint density at radius 1 is 1.47 bits per heavy atom. The maximum atomic E-state index is 9.26. The van der Waals surface area contributed by atoms with Crippen LogP contribution in [-0.2, 0) is 0 Å². The quantitative estimate of drug-likeness (QED) is 0.867. The number of aliphatic hydroxyl groups is 1. The van der Waals surface area contributed by atoms with Crippen LogP contribution in [0.5, 0.6) is 5.75 Å². The van der Waals surface area contributed by atoms with Gasteiger partial charge in [0.2, 0.25) is 0 Å². The lowest BCUT2D eigenvalue weighted by atomic mass is 10.1. The van der Waals surface area contributed by atoms with Gasteiger partial charge in [0, 0.05) is 43.5 Å². The normalized spacial score (nSPS) is 24.1. The van der Waals surface area contributed by atoms with Crippen LogP contribution in [0.1, 0.15) is 19.8 Å². The topological polar surface area (TPSA) is 44.7 Å². The third-order valence-corrected chi connectivity index (χ3v) is 3.79. The lowest BCUT2D eigenvalue weighted by Crippen LogP contribution is -2.41. The third kappa shape index (κ3) is 3.61. The maximum absolute atomic E-state index is 9.26. The molecule has 0 spiro atoms. The molecule has 0 aliphatic carbocycles. The molecule has 1 aromatic rings. The average molecular weight is 264 g/mol. The van der Waals surface area contributed by atoms with Crippen LogP contribution in [0.4, 0.5) is 5.69 Å². The van der Waals surface area contributed by atoms with Crippen LogP contribution in [0.25, 0.3) is 0 Å². The number of rotatable bonds is 4. The van der Waals surface area contributed by atoms with E-state index in [2.05, 4.69) is 29.3 Å². The van der Waals surface area contributed by atoms with E-state index in [1.54, 1.807) is 7.11 Å². The number of aliphatic hydroxyl groups excluding tert-OH is 1. The van der Waals surface area contributed by atoms with Gasteiger partial charge in [-0.2, -0.15) is 0 Å². The van der Waals surface area contributed by atoms with E-state index in [9.17, 15) is 5.11 Å². The SMILES string of the molecule is COc1cccc(N2CCC(C)NCC2CCO)c1. The number of benzene rings is 1. The summed E-state index contributed by atoms with van der Waals surface area (Å²) in [5, 5.41) is 12.8. The molecule has 1 heterocycles. The monoisotopic (exact) mass is 264 g/mol. The average Bonchev–Trinajstić information content (AvgIpc) is 2.62. The van der Waals surface area contributed by atoms with Crippen molar-refractivity contribution in [2.24, 2.45) is 0 Å². The summed E-state index contributed by atoms with van der Waals surface area (Å²) in [4.78, 5) is 2.38. The first-order valence-corrected chi connectivity index (χ1v) is 6.99. The summed E-state index contributed by atoms with van der Waals surface area (Å²) in [7, 11) is 1.69. The van der Waals surface area contributed by atoms with E-state index in [0.717, 1.165) is 31.7 Å². The fourth-order valence-electron chi connectivity index (χ4n) is 2.60. The number of anilines is 1. The predicted molar refractivity (Wildman–Crippen MR) is 77.9 cm³/mol. The van der Waals surface area contributed by atoms with E-state index in [1.165, 1.54) is 5.69 Å². The first kappa shape index (κ1) is 14.2. The highest BCUT2D eigenvalue weighted by Gasteiger charge is 2.23. The van der Waals surface area contributed by atoms with Crippen molar-refractivity contribution in [3.8, 4) is 5.75 Å². The number of methoxy groups -OCH3 is 1. The van der Waals surface area contributed by atoms with E-state index in [-0.39, 0.29) is 6.61 Å². The molecule has 0 radical (unpaired) electrons. The van der Waals surface area contributed by atoms with E-state index >= 15 is 0 Å². The second kappa shape index (κ2) is 6.78.